The van der Waals surface area contributed by atoms with Gasteiger partial charge in [0.05, 0.1) is 13.0 Å². The van der Waals surface area contributed by atoms with Crippen molar-refractivity contribution in [1.82, 2.24) is 0 Å². The fourth-order valence-corrected chi connectivity index (χ4v) is 2.54. The molecular formula is C16H17N3O. The van der Waals surface area contributed by atoms with Crippen LogP contribution in [0.25, 0.3) is 0 Å². The molecule has 1 amide bonds. The molecule has 1 aliphatic heterocycles. The number of amides is 1. The van der Waals surface area contributed by atoms with E-state index in [2.05, 4.69) is 0 Å². The molecule has 2 aromatic rings. The maximum absolute atomic E-state index is 12.1. The standard InChI is InChI=1S/C16H17N3O/c17-9-11-1-3-12(4-2-11)10-19-15-6-5-14(18)7-13(15)8-16(19)20/h1-7H,8-10,17-18H2. The van der Waals surface area contributed by atoms with E-state index in [4.69, 9.17) is 11.5 Å². The fourth-order valence-electron chi connectivity index (χ4n) is 2.54. The average molecular weight is 267 g/mol. The monoisotopic (exact) mass is 267 g/mol. The van der Waals surface area contributed by atoms with E-state index in [-0.39, 0.29) is 5.91 Å². The molecule has 0 aromatic heterocycles. The Kier molecular flexibility index (Phi) is 3.16. The SMILES string of the molecule is NCc1ccc(CN2C(=O)Cc3cc(N)ccc32)cc1. The maximum Gasteiger partial charge on any atom is 0.231 e. The van der Waals surface area contributed by atoms with Gasteiger partial charge in [-0.05, 0) is 34.9 Å². The molecule has 0 unspecified atom stereocenters. The minimum Gasteiger partial charge on any atom is -0.399 e. The van der Waals surface area contributed by atoms with E-state index in [1.165, 1.54) is 0 Å². The lowest BCUT2D eigenvalue weighted by atomic mass is 10.1. The summed E-state index contributed by atoms with van der Waals surface area (Å²) in [6, 6.07) is 13.7. The van der Waals surface area contributed by atoms with Crippen molar-refractivity contribution in [3.8, 4) is 0 Å². The molecule has 0 saturated heterocycles. The number of anilines is 2. The highest BCUT2D eigenvalue weighted by Crippen LogP contribution is 2.31. The zero-order valence-corrected chi connectivity index (χ0v) is 11.2. The van der Waals surface area contributed by atoms with E-state index in [9.17, 15) is 4.79 Å². The first-order valence-electron chi connectivity index (χ1n) is 6.64. The molecule has 3 rings (SSSR count). The minimum absolute atomic E-state index is 0.119. The molecule has 4 N–H and O–H groups in total. The highest BCUT2D eigenvalue weighted by Gasteiger charge is 2.27. The quantitative estimate of drug-likeness (QED) is 0.833. The Balaban J connectivity index is 1.86. The van der Waals surface area contributed by atoms with Gasteiger partial charge in [-0.3, -0.25) is 4.79 Å². The summed E-state index contributed by atoms with van der Waals surface area (Å²) in [6.07, 6.45) is 0.432. The van der Waals surface area contributed by atoms with Crippen LogP contribution in [-0.4, -0.2) is 5.91 Å². The third-order valence-corrected chi connectivity index (χ3v) is 3.64. The molecular weight excluding hydrogens is 250 g/mol. The Morgan fingerprint density at radius 2 is 1.75 bits per heavy atom. The summed E-state index contributed by atoms with van der Waals surface area (Å²) in [4.78, 5) is 13.9. The van der Waals surface area contributed by atoms with E-state index in [1.807, 2.05) is 47.4 Å². The Morgan fingerprint density at radius 3 is 2.45 bits per heavy atom. The second kappa shape index (κ2) is 4.98. The van der Waals surface area contributed by atoms with Crippen molar-refractivity contribution in [1.29, 1.82) is 0 Å². The van der Waals surface area contributed by atoms with Crippen molar-refractivity contribution in [2.45, 2.75) is 19.5 Å². The zero-order valence-electron chi connectivity index (χ0n) is 11.2. The average Bonchev–Trinajstić information content (AvgIpc) is 2.75. The predicted molar refractivity (Wildman–Crippen MR) is 80.1 cm³/mol. The van der Waals surface area contributed by atoms with Crippen LogP contribution >= 0.6 is 0 Å². The first-order chi connectivity index (χ1) is 9.67. The van der Waals surface area contributed by atoms with Crippen LogP contribution < -0.4 is 16.4 Å². The summed E-state index contributed by atoms with van der Waals surface area (Å²) in [7, 11) is 0. The number of hydrogen-bond donors (Lipinski definition) is 2. The van der Waals surface area contributed by atoms with Crippen LogP contribution in [0.2, 0.25) is 0 Å². The number of rotatable bonds is 3. The second-order valence-electron chi connectivity index (χ2n) is 5.07. The Bertz CT molecular complexity index is 649. The third-order valence-electron chi connectivity index (χ3n) is 3.64. The smallest absolute Gasteiger partial charge is 0.231 e. The molecule has 2 aromatic carbocycles. The van der Waals surface area contributed by atoms with Gasteiger partial charge in [0.15, 0.2) is 0 Å². The Morgan fingerprint density at radius 1 is 1.05 bits per heavy atom. The number of carbonyl (C=O) groups is 1. The highest BCUT2D eigenvalue weighted by atomic mass is 16.2. The molecule has 0 aliphatic carbocycles. The van der Waals surface area contributed by atoms with E-state index < -0.39 is 0 Å². The summed E-state index contributed by atoms with van der Waals surface area (Å²) < 4.78 is 0. The van der Waals surface area contributed by atoms with Gasteiger partial charge >= 0.3 is 0 Å². The van der Waals surface area contributed by atoms with Crippen LogP contribution in [0.4, 0.5) is 11.4 Å². The van der Waals surface area contributed by atoms with Gasteiger partial charge in [0.1, 0.15) is 0 Å². The van der Waals surface area contributed by atoms with Crippen LogP contribution in [-0.2, 0) is 24.3 Å². The largest absolute Gasteiger partial charge is 0.399 e. The molecule has 20 heavy (non-hydrogen) atoms. The lowest BCUT2D eigenvalue weighted by molar-refractivity contribution is -0.117. The lowest BCUT2D eigenvalue weighted by Crippen LogP contribution is -2.25. The van der Waals surface area contributed by atoms with E-state index in [0.29, 0.717) is 25.2 Å². The van der Waals surface area contributed by atoms with Gasteiger partial charge in [0.2, 0.25) is 5.91 Å². The van der Waals surface area contributed by atoms with Gasteiger partial charge in [0, 0.05) is 17.9 Å². The van der Waals surface area contributed by atoms with Crippen molar-refractivity contribution in [3.05, 3.63) is 59.2 Å². The highest BCUT2D eigenvalue weighted by molar-refractivity contribution is 6.01. The Labute approximate surface area is 118 Å². The number of hydrogen-bond acceptors (Lipinski definition) is 3. The molecule has 0 atom stereocenters. The van der Waals surface area contributed by atoms with Crippen molar-refractivity contribution < 1.29 is 4.79 Å². The van der Waals surface area contributed by atoms with Crippen LogP contribution in [0.15, 0.2) is 42.5 Å². The molecule has 0 radical (unpaired) electrons. The van der Waals surface area contributed by atoms with Crippen molar-refractivity contribution in [2.75, 3.05) is 10.6 Å². The fraction of sp³-hybridized carbons (Fsp3) is 0.188. The van der Waals surface area contributed by atoms with Gasteiger partial charge in [-0.1, -0.05) is 24.3 Å². The number of nitrogen functional groups attached to an aromatic ring is 1. The number of nitrogens with two attached hydrogens (primary N) is 2. The third kappa shape index (κ3) is 2.26. The van der Waals surface area contributed by atoms with E-state index in [1.54, 1.807) is 0 Å². The van der Waals surface area contributed by atoms with E-state index >= 15 is 0 Å². The number of carbonyl (C=O) groups excluding carboxylic acids is 1. The minimum atomic E-state index is 0.119. The Hall–Kier alpha value is -2.33. The molecule has 1 heterocycles. The van der Waals surface area contributed by atoms with Crippen LogP contribution in [0.1, 0.15) is 16.7 Å². The topological polar surface area (TPSA) is 72.3 Å². The molecule has 4 nitrogen and oxygen atoms in total. The van der Waals surface area contributed by atoms with Crippen molar-refractivity contribution in [3.63, 3.8) is 0 Å². The first kappa shape index (κ1) is 12.7. The maximum atomic E-state index is 12.1. The molecule has 0 fully saturated rings. The lowest BCUT2D eigenvalue weighted by Gasteiger charge is -2.18. The predicted octanol–water partition coefficient (Wildman–Crippen LogP) is 1.82. The molecule has 0 saturated carbocycles. The van der Waals surface area contributed by atoms with Crippen molar-refractivity contribution in [2.24, 2.45) is 5.73 Å². The van der Waals surface area contributed by atoms with Gasteiger partial charge in [-0.25, -0.2) is 0 Å². The van der Waals surface area contributed by atoms with Crippen molar-refractivity contribution >= 4 is 17.3 Å². The summed E-state index contributed by atoms with van der Waals surface area (Å²) in [5.41, 5.74) is 16.2. The number of fused-ring (bicyclic) bond motifs is 1. The summed E-state index contributed by atoms with van der Waals surface area (Å²) in [6.45, 7) is 1.12. The summed E-state index contributed by atoms with van der Waals surface area (Å²) in [5, 5.41) is 0. The van der Waals surface area contributed by atoms with Crippen LogP contribution in [0.3, 0.4) is 0 Å². The molecule has 0 bridgehead atoms. The molecule has 4 heteroatoms. The van der Waals surface area contributed by atoms with Gasteiger partial charge < -0.3 is 16.4 Å². The molecule has 102 valence electrons. The van der Waals surface area contributed by atoms with E-state index in [0.717, 1.165) is 22.4 Å². The summed E-state index contributed by atoms with van der Waals surface area (Å²) >= 11 is 0. The van der Waals surface area contributed by atoms with Gasteiger partial charge in [-0.15, -0.1) is 0 Å². The molecule has 0 spiro atoms. The molecule has 1 aliphatic rings. The zero-order chi connectivity index (χ0) is 14.1. The number of nitrogens with zero attached hydrogens (tertiary/aromatic N) is 1. The van der Waals surface area contributed by atoms with Crippen LogP contribution in [0, 0.1) is 0 Å². The summed E-state index contributed by atoms with van der Waals surface area (Å²) in [5.74, 6) is 0.119. The first-order valence-corrected chi connectivity index (χ1v) is 6.64. The van der Waals surface area contributed by atoms with Crippen LogP contribution in [0.5, 0.6) is 0 Å². The van der Waals surface area contributed by atoms with Gasteiger partial charge in [-0.2, -0.15) is 0 Å². The second-order valence-corrected chi connectivity index (χ2v) is 5.07. The number of benzene rings is 2. The van der Waals surface area contributed by atoms with Gasteiger partial charge in [0.25, 0.3) is 0 Å². The normalized spacial score (nSPS) is 13.7.